The number of aromatic amines is 2. The molecule has 15 heteroatoms. The Morgan fingerprint density at radius 3 is 2.40 bits per heavy atom. The van der Waals surface area contributed by atoms with Crippen molar-refractivity contribution in [2.75, 3.05) is 0 Å². The average Bonchev–Trinajstić information content (AvgIpc) is 3.43. The lowest BCUT2D eigenvalue weighted by Crippen LogP contribution is -2.41. The van der Waals surface area contributed by atoms with Crippen molar-refractivity contribution >= 4 is 7.60 Å². The van der Waals surface area contributed by atoms with E-state index in [9.17, 15) is 34.4 Å². The molecule has 1 saturated heterocycles. The van der Waals surface area contributed by atoms with Gasteiger partial charge in [0.1, 0.15) is 17.9 Å². The van der Waals surface area contributed by atoms with E-state index < -0.39 is 54.3 Å². The monoisotopic (exact) mass is 517 g/mol. The molecule has 3 heterocycles. The average molecular weight is 517 g/mol. The molecule has 14 nitrogen and oxygen atoms in total. The Labute approximate surface area is 200 Å². The zero-order chi connectivity index (χ0) is 26.2. The molecular weight excluding hydrogens is 485 g/mol. The van der Waals surface area contributed by atoms with Crippen LogP contribution in [0.3, 0.4) is 0 Å². The molecule has 0 aromatic carbocycles. The van der Waals surface area contributed by atoms with Gasteiger partial charge in [0.15, 0.2) is 11.6 Å². The summed E-state index contributed by atoms with van der Waals surface area (Å²) in [5.74, 6) is 0. The van der Waals surface area contributed by atoms with Crippen LogP contribution >= 0.6 is 7.60 Å². The summed E-state index contributed by atoms with van der Waals surface area (Å²) in [6.45, 7) is 6.19. The molecule has 0 bridgehead atoms. The van der Waals surface area contributed by atoms with Gasteiger partial charge in [0.05, 0.1) is 23.5 Å². The number of rotatable bonds is 10. The van der Waals surface area contributed by atoms with Crippen LogP contribution < -0.4 is 11.2 Å². The first kappa shape index (κ1) is 27.4. The number of nitrogens with zero attached hydrogens (tertiary/aromatic N) is 3. The van der Waals surface area contributed by atoms with Crippen LogP contribution in [0.4, 0.5) is 0 Å². The van der Waals surface area contributed by atoms with Gasteiger partial charge in [-0.25, -0.2) is 4.79 Å². The third kappa shape index (κ3) is 5.19. The molecule has 0 aliphatic carbocycles. The molecule has 0 radical (unpaired) electrons. The SMILES string of the molecule is CCC(CC)(CC1OC(n2cc(-c3cn[nH]n3)c(=O)[nH]c2=O)C(O)C1O)OP(=O)(O)C(C)(O)CC. The van der Waals surface area contributed by atoms with Gasteiger partial charge < -0.3 is 24.9 Å². The number of H-pyrrole nitrogens is 2. The van der Waals surface area contributed by atoms with Gasteiger partial charge in [-0.15, -0.1) is 0 Å². The van der Waals surface area contributed by atoms with Crippen molar-refractivity contribution < 1.29 is 34.0 Å². The summed E-state index contributed by atoms with van der Waals surface area (Å²) in [5.41, 5.74) is -2.77. The maximum atomic E-state index is 12.9. The zero-order valence-corrected chi connectivity index (χ0v) is 20.8. The smallest absolute Gasteiger partial charge is 0.359 e. The molecule has 6 unspecified atom stereocenters. The first-order valence-corrected chi connectivity index (χ1v) is 12.9. The Hall–Kier alpha value is -2.19. The minimum Gasteiger partial charge on any atom is -0.388 e. The van der Waals surface area contributed by atoms with Crippen molar-refractivity contribution in [1.29, 1.82) is 0 Å². The zero-order valence-electron chi connectivity index (χ0n) is 19.9. The Kier molecular flexibility index (Phi) is 7.87. The van der Waals surface area contributed by atoms with Gasteiger partial charge in [0.2, 0.25) is 0 Å². The summed E-state index contributed by atoms with van der Waals surface area (Å²) in [4.78, 5) is 37.3. The summed E-state index contributed by atoms with van der Waals surface area (Å²) >= 11 is 0. The van der Waals surface area contributed by atoms with Crippen LogP contribution in [0.1, 0.15) is 59.6 Å². The predicted octanol–water partition coefficient (Wildman–Crippen LogP) is 0.210. The highest BCUT2D eigenvalue weighted by molar-refractivity contribution is 7.54. The van der Waals surface area contributed by atoms with Crippen LogP contribution in [0.5, 0.6) is 0 Å². The maximum absolute atomic E-state index is 12.9. The first-order chi connectivity index (χ1) is 16.3. The Balaban J connectivity index is 1.91. The van der Waals surface area contributed by atoms with Crippen molar-refractivity contribution in [3.05, 3.63) is 33.2 Å². The first-order valence-electron chi connectivity index (χ1n) is 11.3. The van der Waals surface area contributed by atoms with E-state index in [1.165, 1.54) is 13.1 Å². The number of aliphatic hydroxyl groups excluding tert-OH is 2. The third-order valence-corrected chi connectivity index (χ3v) is 8.90. The van der Waals surface area contributed by atoms with E-state index >= 15 is 0 Å². The van der Waals surface area contributed by atoms with Crippen LogP contribution in [-0.4, -0.2) is 74.4 Å². The van der Waals surface area contributed by atoms with Gasteiger partial charge >= 0.3 is 13.3 Å². The molecule has 0 spiro atoms. The van der Waals surface area contributed by atoms with Gasteiger partial charge in [0, 0.05) is 12.6 Å². The third-order valence-electron chi connectivity index (χ3n) is 6.73. The molecule has 1 fully saturated rings. The summed E-state index contributed by atoms with van der Waals surface area (Å²) < 4.78 is 25.3. The lowest BCUT2D eigenvalue weighted by Gasteiger charge is -2.39. The van der Waals surface area contributed by atoms with E-state index in [4.69, 9.17) is 9.26 Å². The minimum atomic E-state index is -4.52. The van der Waals surface area contributed by atoms with Gasteiger partial charge in [-0.1, -0.05) is 20.8 Å². The highest BCUT2D eigenvalue weighted by atomic mass is 31.2. The van der Waals surface area contributed by atoms with Crippen LogP contribution in [-0.2, 0) is 13.8 Å². The summed E-state index contributed by atoms with van der Waals surface area (Å²) in [6, 6.07) is 0. The molecule has 1 aliphatic heterocycles. The fourth-order valence-electron chi connectivity index (χ4n) is 3.95. The van der Waals surface area contributed by atoms with Crippen molar-refractivity contribution in [2.24, 2.45) is 0 Å². The normalized spacial score (nSPS) is 26.4. The maximum Gasteiger partial charge on any atom is 0.359 e. The van der Waals surface area contributed by atoms with Crippen molar-refractivity contribution in [3.63, 3.8) is 0 Å². The standard InChI is InChI=1S/C20H32N5O9P/c1-5-19(4,30)35(31,32)34-20(6-2,7-3)8-13-14(26)15(27)17(33-13)25-10-11(12-9-21-24-23-12)16(28)22-18(25)29/h9-10,13-15,17,26-27,30H,5-8H2,1-4H3,(H,31,32)(H,21,23,24)(H,22,28,29). The van der Waals surface area contributed by atoms with E-state index in [0.29, 0.717) is 0 Å². The number of nitrogens with one attached hydrogen (secondary N) is 2. The van der Waals surface area contributed by atoms with Crippen LogP contribution in [0.15, 0.2) is 22.0 Å². The van der Waals surface area contributed by atoms with E-state index in [1.54, 1.807) is 20.8 Å². The second-order valence-electron chi connectivity index (χ2n) is 8.89. The van der Waals surface area contributed by atoms with Crippen molar-refractivity contribution in [1.82, 2.24) is 25.0 Å². The van der Waals surface area contributed by atoms with Crippen molar-refractivity contribution in [3.8, 4) is 11.3 Å². The van der Waals surface area contributed by atoms with Gasteiger partial charge in [-0.05, 0) is 26.2 Å². The van der Waals surface area contributed by atoms with Crippen LogP contribution in [0.25, 0.3) is 11.3 Å². The number of aliphatic hydroxyl groups is 3. The molecule has 3 rings (SSSR count). The molecule has 6 N–H and O–H groups in total. The van der Waals surface area contributed by atoms with E-state index in [1.807, 2.05) is 0 Å². The molecule has 1 aliphatic rings. The minimum absolute atomic E-state index is 0.0186. The molecule has 196 valence electrons. The number of hydrogen-bond acceptors (Lipinski definition) is 10. The fourth-order valence-corrected chi connectivity index (χ4v) is 5.40. The Morgan fingerprint density at radius 1 is 1.20 bits per heavy atom. The number of aromatic nitrogens is 5. The highest BCUT2D eigenvalue weighted by Gasteiger charge is 2.51. The molecule has 2 aromatic rings. The molecule has 35 heavy (non-hydrogen) atoms. The molecule has 6 atom stereocenters. The predicted molar refractivity (Wildman–Crippen MR) is 122 cm³/mol. The Morgan fingerprint density at radius 2 is 1.86 bits per heavy atom. The van der Waals surface area contributed by atoms with Gasteiger partial charge in [-0.3, -0.25) is 23.4 Å². The van der Waals surface area contributed by atoms with E-state index in [-0.39, 0.29) is 36.9 Å². The molecular formula is C20H32N5O9P. The fraction of sp³-hybridized carbons (Fsp3) is 0.700. The van der Waals surface area contributed by atoms with Crippen LogP contribution in [0.2, 0.25) is 0 Å². The largest absolute Gasteiger partial charge is 0.388 e. The lowest BCUT2D eigenvalue weighted by atomic mass is 9.88. The number of ether oxygens (including phenoxy) is 1. The van der Waals surface area contributed by atoms with E-state index in [0.717, 1.165) is 10.8 Å². The number of hydrogen-bond donors (Lipinski definition) is 6. The second kappa shape index (κ2) is 10.1. The van der Waals surface area contributed by atoms with Crippen molar-refractivity contribution in [2.45, 2.75) is 88.9 Å². The second-order valence-corrected chi connectivity index (χ2v) is 11.1. The van der Waals surface area contributed by atoms with E-state index in [2.05, 4.69) is 20.4 Å². The van der Waals surface area contributed by atoms with Crippen LogP contribution in [0, 0.1) is 0 Å². The van der Waals surface area contributed by atoms with Gasteiger partial charge in [-0.2, -0.15) is 15.4 Å². The lowest BCUT2D eigenvalue weighted by molar-refractivity contribution is -0.0774. The topological polar surface area (TPSA) is 213 Å². The Bertz CT molecular complexity index is 1170. The molecule has 0 saturated carbocycles. The summed E-state index contributed by atoms with van der Waals surface area (Å²) in [5, 5.41) is 39.6. The quantitative estimate of drug-likeness (QED) is 0.234. The summed E-state index contributed by atoms with van der Waals surface area (Å²) in [7, 11) is -4.52. The highest BCUT2D eigenvalue weighted by Crippen LogP contribution is 2.59. The molecule has 2 aromatic heterocycles. The van der Waals surface area contributed by atoms with Gasteiger partial charge in [0.25, 0.3) is 5.56 Å². The summed E-state index contributed by atoms with van der Waals surface area (Å²) in [6.07, 6.45) is -2.80. The molecule has 0 amide bonds.